The Bertz CT molecular complexity index is 1170. The number of thioether (sulfide) groups is 1. The van der Waals surface area contributed by atoms with Gasteiger partial charge in [-0.1, -0.05) is 6.07 Å². The number of carbonyl (C=O) groups excluding carboxylic acids is 1. The van der Waals surface area contributed by atoms with Gasteiger partial charge in [-0.3, -0.25) is 10.2 Å². The minimum Gasteiger partial charge on any atom is -0.497 e. The molecule has 0 unspecified atom stereocenters. The third-order valence-electron chi connectivity index (χ3n) is 4.72. The van der Waals surface area contributed by atoms with Crippen molar-refractivity contribution >= 4 is 39.8 Å². The smallest absolute Gasteiger partial charge is 0.283 e. The zero-order valence-electron chi connectivity index (χ0n) is 18.3. The molecule has 0 saturated carbocycles. The number of aliphatic imine (C=N–C) groups is 1. The number of rotatable bonds is 8. The number of hydrogen-bond donors (Lipinski definition) is 1. The number of hydrogen-bond acceptors (Lipinski definition) is 8. The van der Waals surface area contributed by atoms with Gasteiger partial charge < -0.3 is 18.9 Å². The number of methoxy groups -OCH3 is 2. The first-order valence-electron chi connectivity index (χ1n) is 10.0. The number of nitrogens with zero attached hydrogens (tertiary/aromatic N) is 3. The fraction of sp³-hybridized carbons (Fsp3) is 0.217. The van der Waals surface area contributed by atoms with E-state index in [-0.39, 0.29) is 11.4 Å². The summed E-state index contributed by atoms with van der Waals surface area (Å²) in [5, 5.41) is 15.1. The molecule has 0 aliphatic carbocycles. The van der Waals surface area contributed by atoms with Crippen molar-refractivity contribution in [3.63, 3.8) is 0 Å². The van der Waals surface area contributed by atoms with Gasteiger partial charge in [0.25, 0.3) is 5.91 Å². The van der Waals surface area contributed by atoms with Gasteiger partial charge in [0, 0.05) is 0 Å². The maximum Gasteiger partial charge on any atom is 0.283 e. The highest BCUT2D eigenvalue weighted by Crippen LogP contribution is 2.31. The summed E-state index contributed by atoms with van der Waals surface area (Å²) in [4.78, 5) is 16.5. The largest absolute Gasteiger partial charge is 0.497 e. The molecule has 0 aromatic heterocycles. The molecular weight excluding hydrogens is 444 g/mol. The summed E-state index contributed by atoms with van der Waals surface area (Å²) in [6.07, 6.45) is 1.60. The first kappa shape index (κ1) is 22.4. The quantitative estimate of drug-likeness (QED) is 0.466. The van der Waals surface area contributed by atoms with E-state index >= 15 is 0 Å². The topological polar surface area (TPSA) is 106 Å². The molecule has 4 rings (SSSR count). The van der Waals surface area contributed by atoms with Gasteiger partial charge in [-0.2, -0.15) is 15.1 Å². The van der Waals surface area contributed by atoms with Crippen LogP contribution in [0.5, 0.6) is 23.0 Å². The van der Waals surface area contributed by atoms with Gasteiger partial charge in [-0.05, 0) is 66.7 Å². The summed E-state index contributed by atoms with van der Waals surface area (Å²) in [5.74, 6) is 2.04. The molecule has 2 aromatic carbocycles. The van der Waals surface area contributed by atoms with Crippen LogP contribution in [0, 0.1) is 5.41 Å². The zero-order valence-corrected chi connectivity index (χ0v) is 19.1. The summed E-state index contributed by atoms with van der Waals surface area (Å²) in [7, 11) is 3.15. The summed E-state index contributed by atoms with van der Waals surface area (Å²) >= 11 is 1.27. The molecular formula is C23H22N4O5S. The lowest BCUT2D eigenvalue weighted by Gasteiger charge is -2.20. The number of benzene rings is 2. The van der Waals surface area contributed by atoms with Crippen molar-refractivity contribution < 1.29 is 23.7 Å². The van der Waals surface area contributed by atoms with E-state index in [2.05, 4.69) is 10.1 Å². The Morgan fingerprint density at radius 1 is 1.00 bits per heavy atom. The molecule has 2 aliphatic heterocycles. The van der Waals surface area contributed by atoms with Crippen molar-refractivity contribution in [1.82, 2.24) is 5.01 Å². The van der Waals surface area contributed by atoms with Gasteiger partial charge in [0.2, 0.25) is 5.17 Å². The maximum absolute atomic E-state index is 12.4. The van der Waals surface area contributed by atoms with Crippen molar-refractivity contribution in [3.05, 3.63) is 53.6 Å². The molecule has 0 bridgehead atoms. The van der Waals surface area contributed by atoms with E-state index < -0.39 is 5.91 Å². The second kappa shape index (κ2) is 9.78. The van der Waals surface area contributed by atoms with E-state index in [0.717, 1.165) is 16.5 Å². The van der Waals surface area contributed by atoms with Crippen molar-refractivity contribution in [3.8, 4) is 23.0 Å². The summed E-state index contributed by atoms with van der Waals surface area (Å²) in [5.41, 5.74) is 0.828. The Morgan fingerprint density at radius 2 is 1.73 bits per heavy atom. The van der Waals surface area contributed by atoms with Crippen LogP contribution in [-0.4, -0.2) is 54.4 Å². The molecule has 0 spiro atoms. The Kier molecular flexibility index (Phi) is 6.64. The number of ether oxygens (including phenoxy) is 4. The molecule has 2 aromatic rings. The fourth-order valence-corrected chi connectivity index (χ4v) is 3.86. The van der Waals surface area contributed by atoms with E-state index in [4.69, 9.17) is 24.4 Å². The predicted molar refractivity (Wildman–Crippen MR) is 128 cm³/mol. The van der Waals surface area contributed by atoms with E-state index in [1.165, 1.54) is 23.9 Å². The second-order valence-corrected chi connectivity index (χ2v) is 8.08. The van der Waals surface area contributed by atoms with Crippen LogP contribution in [0.1, 0.15) is 12.5 Å². The van der Waals surface area contributed by atoms with Crippen LogP contribution in [0.3, 0.4) is 0 Å². The van der Waals surface area contributed by atoms with E-state index in [0.29, 0.717) is 35.4 Å². The molecule has 0 atom stereocenters. The Morgan fingerprint density at radius 3 is 2.45 bits per heavy atom. The number of nitrogens with one attached hydrogen (secondary N) is 1. The van der Waals surface area contributed by atoms with Crippen LogP contribution in [0.2, 0.25) is 0 Å². The van der Waals surface area contributed by atoms with Gasteiger partial charge >= 0.3 is 0 Å². The van der Waals surface area contributed by atoms with E-state index in [1.54, 1.807) is 38.3 Å². The summed E-state index contributed by atoms with van der Waals surface area (Å²) < 4.78 is 22.0. The molecule has 0 fully saturated rings. The van der Waals surface area contributed by atoms with Crippen molar-refractivity contribution in [2.24, 2.45) is 10.1 Å². The van der Waals surface area contributed by atoms with Gasteiger partial charge in [0.1, 0.15) is 24.7 Å². The minimum atomic E-state index is -0.473. The van der Waals surface area contributed by atoms with Crippen LogP contribution in [0.4, 0.5) is 0 Å². The van der Waals surface area contributed by atoms with Gasteiger partial charge in [0.15, 0.2) is 17.3 Å². The lowest BCUT2D eigenvalue weighted by Crippen LogP contribution is -2.35. The zero-order chi connectivity index (χ0) is 23.4. The fourth-order valence-electron chi connectivity index (χ4n) is 3.13. The summed E-state index contributed by atoms with van der Waals surface area (Å²) in [6.45, 7) is 2.47. The molecule has 170 valence electrons. The second-order valence-electron chi connectivity index (χ2n) is 6.92. The Labute approximate surface area is 195 Å². The number of fused-ring (bicyclic) bond motifs is 1. The number of amides is 1. The normalized spacial score (nSPS) is 16.3. The van der Waals surface area contributed by atoms with Gasteiger partial charge in [0.05, 0.1) is 24.8 Å². The third-order valence-corrected chi connectivity index (χ3v) is 5.55. The van der Waals surface area contributed by atoms with Gasteiger partial charge in [-0.25, -0.2) is 0 Å². The summed E-state index contributed by atoms with van der Waals surface area (Å²) in [6, 6.07) is 12.6. The van der Waals surface area contributed by atoms with Crippen LogP contribution in [0.15, 0.2) is 58.1 Å². The standard InChI is InChI=1S/C23H22N4O5S/c1-14-26-27-21(24)18(22(28)25-23(27)33-14)12-15-4-9-19(20(13-15)30-3)32-11-10-31-17-7-5-16(29-2)6-8-17/h4-9,12-13,24H,10-11H2,1-3H3/b18-12-,24-21?. The molecule has 10 heteroatoms. The first-order chi connectivity index (χ1) is 16.0. The number of amidine groups is 2. The third kappa shape index (κ3) is 5.01. The molecule has 1 amide bonds. The van der Waals surface area contributed by atoms with Crippen LogP contribution in [-0.2, 0) is 4.79 Å². The van der Waals surface area contributed by atoms with E-state index in [1.807, 2.05) is 24.3 Å². The van der Waals surface area contributed by atoms with Crippen molar-refractivity contribution in [2.75, 3.05) is 27.4 Å². The maximum atomic E-state index is 12.4. The highest BCUT2D eigenvalue weighted by molar-refractivity contribution is 8.26. The lowest BCUT2D eigenvalue weighted by atomic mass is 10.1. The predicted octanol–water partition coefficient (Wildman–Crippen LogP) is 3.80. The molecule has 0 saturated heterocycles. The molecule has 2 aliphatic rings. The van der Waals surface area contributed by atoms with Crippen molar-refractivity contribution in [2.45, 2.75) is 6.92 Å². The molecule has 0 radical (unpaired) electrons. The SMILES string of the molecule is COc1ccc(OCCOc2ccc(/C=C3/C(=N)N4N=C(C)SC4=NC3=O)cc2OC)cc1. The number of hydrazone groups is 1. The first-order valence-corrected chi connectivity index (χ1v) is 10.8. The van der Waals surface area contributed by atoms with Crippen LogP contribution in [0.25, 0.3) is 6.08 Å². The highest BCUT2D eigenvalue weighted by Gasteiger charge is 2.34. The van der Waals surface area contributed by atoms with Crippen molar-refractivity contribution in [1.29, 1.82) is 5.41 Å². The van der Waals surface area contributed by atoms with Crippen LogP contribution < -0.4 is 18.9 Å². The Balaban J connectivity index is 1.41. The Hall–Kier alpha value is -3.79. The van der Waals surface area contributed by atoms with Crippen LogP contribution >= 0.6 is 11.8 Å². The van der Waals surface area contributed by atoms with Gasteiger partial charge in [-0.15, -0.1) is 0 Å². The molecule has 9 nitrogen and oxygen atoms in total. The van der Waals surface area contributed by atoms with E-state index in [9.17, 15) is 4.79 Å². The monoisotopic (exact) mass is 466 g/mol. The minimum absolute atomic E-state index is 0.00989. The lowest BCUT2D eigenvalue weighted by molar-refractivity contribution is -0.114. The average Bonchev–Trinajstić information content (AvgIpc) is 3.20. The molecule has 1 N–H and O–H groups in total. The molecule has 2 heterocycles. The average molecular weight is 467 g/mol. The highest BCUT2D eigenvalue weighted by atomic mass is 32.2. The molecule has 33 heavy (non-hydrogen) atoms. The number of carbonyl (C=O) groups is 1.